The van der Waals surface area contributed by atoms with Crippen molar-refractivity contribution < 1.29 is 0 Å². The average Bonchev–Trinajstić information content (AvgIpc) is 3.16. The molecule has 2 N–H and O–H groups in total. The quantitative estimate of drug-likeness (QED) is 0.0576. The standard InChI is InChI=1S/C23H44S2.C15H29NS.C10H22S/c1-8-20-12-13-21(23(16-20)24-7)14-15-22(25-9-2)19(6)11-10-18(5)17(3)4;1-4-6-8-13-9-10-14(11-15(13)17-16)12(3)7-5-2;1-8(2)10(4)6-5-9(3)7-11/h8,17-23H,1,9-16H2,2-7H3;13-15H,3-11,16H2,1-2H3;8-11H,5-7H2,1-4H3. The number of allylic oxidation sites excluding steroid dienone is 2. The molecule has 2 fully saturated rings. The first-order chi connectivity index (χ1) is 25.2. The molecule has 1 nitrogen and oxygen atoms in total. The lowest BCUT2D eigenvalue weighted by Gasteiger charge is -2.36. The van der Waals surface area contributed by atoms with Crippen LogP contribution in [-0.4, -0.2) is 33.5 Å². The van der Waals surface area contributed by atoms with Gasteiger partial charge in [-0.05, 0) is 154 Å². The third-order valence-electron chi connectivity index (χ3n) is 13.4. The fourth-order valence-electron chi connectivity index (χ4n) is 8.25. The summed E-state index contributed by atoms with van der Waals surface area (Å²) >= 11 is 10.2. The first-order valence-corrected chi connectivity index (χ1v) is 26.5. The van der Waals surface area contributed by atoms with Crippen molar-refractivity contribution in [3.05, 3.63) is 24.8 Å². The first kappa shape index (κ1) is 53.8. The fourth-order valence-corrected chi connectivity index (χ4v) is 11.6. The number of rotatable bonds is 24. The van der Waals surface area contributed by atoms with Crippen molar-refractivity contribution >= 4 is 48.1 Å². The van der Waals surface area contributed by atoms with Gasteiger partial charge in [-0.3, -0.25) is 5.14 Å². The van der Waals surface area contributed by atoms with Gasteiger partial charge in [-0.25, -0.2) is 0 Å². The molecule has 11 unspecified atom stereocenters. The van der Waals surface area contributed by atoms with Crippen LogP contribution in [0, 0.1) is 59.2 Å². The lowest BCUT2D eigenvalue weighted by molar-refractivity contribution is 0.290. The molecule has 0 spiro atoms. The Morgan fingerprint density at radius 1 is 0.755 bits per heavy atom. The Hall–Kier alpha value is 0.840. The fraction of sp³-hybridized carbons (Fsp3) is 0.917. The summed E-state index contributed by atoms with van der Waals surface area (Å²) in [6, 6.07) is 0. The molecule has 0 aromatic rings. The molecular formula is C48H95NS4. The van der Waals surface area contributed by atoms with Gasteiger partial charge in [0.1, 0.15) is 0 Å². The third-order valence-corrected chi connectivity index (χ3v) is 17.6. The Bertz CT molecular complexity index is 876. The highest BCUT2D eigenvalue weighted by Crippen LogP contribution is 2.42. The molecule has 0 amide bonds. The molecule has 2 aliphatic rings. The molecule has 5 heteroatoms. The van der Waals surface area contributed by atoms with Gasteiger partial charge in [-0.2, -0.15) is 36.2 Å². The maximum atomic E-state index is 5.89. The molecule has 2 aliphatic carbocycles. The highest BCUT2D eigenvalue weighted by atomic mass is 32.2. The van der Waals surface area contributed by atoms with Gasteiger partial charge in [0.05, 0.1) is 0 Å². The van der Waals surface area contributed by atoms with Crippen LogP contribution in [0.2, 0.25) is 0 Å². The molecule has 2 rings (SSSR count). The van der Waals surface area contributed by atoms with Gasteiger partial charge in [0, 0.05) is 15.7 Å². The predicted molar refractivity (Wildman–Crippen MR) is 258 cm³/mol. The molecule has 0 heterocycles. The number of hydrogen-bond donors (Lipinski definition) is 2. The van der Waals surface area contributed by atoms with Crippen LogP contribution in [-0.2, 0) is 0 Å². The Labute approximate surface area is 354 Å². The van der Waals surface area contributed by atoms with E-state index in [1.165, 1.54) is 120 Å². The Morgan fingerprint density at radius 3 is 1.85 bits per heavy atom. The number of hydrogen-bond acceptors (Lipinski definition) is 5. The highest BCUT2D eigenvalue weighted by molar-refractivity contribution is 8.00. The van der Waals surface area contributed by atoms with Gasteiger partial charge < -0.3 is 0 Å². The Kier molecular flexibility index (Phi) is 33.3. The van der Waals surface area contributed by atoms with Crippen LogP contribution in [0.25, 0.3) is 0 Å². The first-order valence-electron chi connectivity index (χ1n) is 22.6. The van der Waals surface area contributed by atoms with E-state index in [1.807, 2.05) is 0 Å². The topological polar surface area (TPSA) is 26.0 Å². The molecule has 0 aromatic carbocycles. The van der Waals surface area contributed by atoms with Crippen molar-refractivity contribution in [2.45, 2.75) is 201 Å². The SMILES string of the molecule is C=C(CCC)C1CCC(CCCC)C(SN)C1.C=CC1CCC(CCC(SCC)C(C)CCC(C)C(C)C)C(SC)C1.CC(CS)CCC(C)C(C)C. The summed E-state index contributed by atoms with van der Waals surface area (Å²) in [6.45, 7) is 34.1. The lowest BCUT2D eigenvalue weighted by atomic mass is 9.76. The van der Waals surface area contributed by atoms with Gasteiger partial charge in [0.2, 0.25) is 0 Å². The summed E-state index contributed by atoms with van der Waals surface area (Å²) < 4.78 is 0. The second kappa shape index (κ2) is 32.8. The minimum atomic E-state index is 0.675. The molecule has 53 heavy (non-hydrogen) atoms. The van der Waals surface area contributed by atoms with Crippen LogP contribution < -0.4 is 5.14 Å². The monoisotopic (exact) mass is 814 g/mol. The van der Waals surface area contributed by atoms with Gasteiger partial charge in [0.25, 0.3) is 0 Å². The zero-order valence-electron chi connectivity index (χ0n) is 37.7. The summed E-state index contributed by atoms with van der Waals surface area (Å²) in [5, 5.41) is 8.29. The van der Waals surface area contributed by atoms with Gasteiger partial charge in [-0.15, -0.1) is 6.58 Å². The van der Waals surface area contributed by atoms with Crippen molar-refractivity contribution in [1.29, 1.82) is 0 Å². The summed E-state index contributed by atoms with van der Waals surface area (Å²) in [5.74, 6) is 10.7. The van der Waals surface area contributed by atoms with Crippen LogP contribution in [0.1, 0.15) is 185 Å². The van der Waals surface area contributed by atoms with Crippen LogP contribution in [0.4, 0.5) is 0 Å². The van der Waals surface area contributed by atoms with Crippen LogP contribution >= 0.6 is 48.1 Å². The molecular weight excluding hydrogens is 719 g/mol. The second-order valence-corrected chi connectivity index (χ2v) is 22.1. The van der Waals surface area contributed by atoms with E-state index in [0.717, 1.165) is 75.4 Å². The third kappa shape index (κ3) is 23.7. The van der Waals surface area contributed by atoms with Crippen molar-refractivity contribution in [3.63, 3.8) is 0 Å². The molecule has 316 valence electrons. The summed E-state index contributed by atoms with van der Waals surface area (Å²) in [7, 11) is 0. The molecule has 0 saturated heterocycles. The van der Waals surface area contributed by atoms with E-state index in [2.05, 4.69) is 138 Å². The summed E-state index contributed by atoms with van der Waals surface area (Å²) in [6.07, 6.45) is 27.5. The highest BCUT2D eigenvalue weighted by Gasteiger charge is 2.31. The maximum Gasteiger partial charge on any atom is 0.0224 e. The maximum absolute atomic E-state index is 5.89. The Morgan fingerprint density at radius 2 is 1.34 bits per heavy atom. The molecule has 2 saturated carbocycles. The van der Waals surface area contributed by atoms with Crippen LogP contribution in [0.15, 0.2) is 24.8 Å². The van der Waals surface area contributed by atoms with Gasteiger partial charge in [-0.1, -0.05) is 138 Å². The van der Waals surface area contributed by atoms with Crippen LogP contribution in [0.3, 0.4) is 0 Å². The molecule has 0 bridgehead atoms. The summed E-state index contributed by atoms with van der Waals surface area (Å²) in [5.41, 5.74) is 1.47. The predicted octanol–water partition coefficient (Wildman–Crippen LogP) is 16.5. The molecule has 0 radical (unpaired) electrons. The zero-order valence-corrected chi connectivity index (χ0v) is 41.0. The van der Waals surface area contributed by atoms with Crippen LogP contribution in [0.5, 0.6) is 0 Å². The largest absolute Gasteiger partial charge is 0.278 e. The van der Waals surface area contributed by atoms with E-state index in [9.17, 15) is 0 Å². The second-order valence-electron chi connectivity index (χ2n) is 18.3. The average molecular weight is 815 g/mol. The number of nitrogens with two attached hydrogens (primary N) is 1. The normalized spacial score (nSPS) is 26.0. The lowest BCUT2D eigenvalue weighted by Crippen LogP contribution is -2.29. The Balaban J connectivity index is 0.000000834. The van der Waals surface area contributed by atoms with E-state index < -0.39 is 0 Å². The number of unbranched alkanes of at least 4 members (excludes halogenated alkanes) is 1. The van der Waals surface area contributed by atoms with Crippen molar-refractivity contribution in [1.82, 2.24) is 0 Å². The van der Waals surface area contributed by atoms with E-state index >= 15 is 0 Å². The molecule has 11 atom stereocenters. The van der Waals surface area contributed by atoms with Crippen molar-refractivity contribution in [2.75, 3.05) is 17.8 Å². The van der Waals surface area contributed by atoms with E-state index in [1.54, 1.807) is 11.9 Å². The minimum absolute atomic E-state index is 0.675. The number of thiol groups is 1. The van der Waals surface area contributed by atoms with E-state index in [0.29, 0.717) is 5.25 Å². The minimum Gasteiger partial charge on any atom is -0.278 e. The summed E-state index contributed by atoms with van der Waals surface area (Å²) in [4.78, 5) is 0. The molecule has 0 aliphatic heterocycles. The smallest absolute Gasteiger partial charge is 0.0224 e. The molecule has 0 aromatic heterocycles. The van der Waals surface area contributed by atoms with Crippen molar-refractivity contribution in [3.8, 4) is 0 Å². The van der Waals surface area contributed by atoms with E-state index in [4.69, 9.17) is 5.14 Å². The zero-order chi connectivity index (χ0) is 40.3. The number of thioether (sulfide) groups is 2. The van der Waals surface area contributed by atoms with Crippen molar-refractivity contribution in [2.24, 2.45) is 64.3 Å². The van der Waals surface area contributed by atoms with Gasteiger partial charge in [0.15, 0.2) is 0 Å². The van der Waals surface area contributed by atoms with E-state index in [-0.39, 0.29) is 0 Å². The van der Waals surface area contributed by atoms with Gasteiger partial charge >= 0.3 is 0 Å².